The van der Waals surface area contributed by atoms with Gasteiger partial charge in [0.1, 0.15) is 5.75 Å². The van der Waals surface area contributed by atoms with Gasteiger partial charge >= 0.3 is 6.36 Å². The number of piperazine rings is 1. The van der Waals surface area contributed by atoms with Crippen LogP contribution >= 0.6 is 0 Å². The summed E-state index contributed by atoms with van der Waals surface area (Å²) in [7, 11) is 0. The molecule has 1 saturated heterocycles. The number of alkyl halides is 3. The lowest BCUT2D eigenvalue weighted by Gasteiger charge is -2.36. The number of carbonyl (C=O) groups excluding carboxylic acids is 2. The summed E-state index contributed by atoms with van der Waals surface area (Å²) in [6.07, 6.45) is -4.49. The number of ether oxygens (including phenoxy) is 1. The zero-order valence-electron chi connectivity index (χ0n) is 17.6. The summed E-state index contributed by atoms with van der Waals surface area (Å²) in [6, 6.07) is 15.8. The van der Waals surface area contributed by atoms with Crippen molar-refractivity contribution < 1.29 is 27.5 Å². The lowest BCUT2D eigenvalue weighted by Crippen LogP contribution is -2.49. The highest BCUT2D eigenvalue weighted by molar-refractivity contribution is 5.79. The number of para-hydroxylation sites is 2. The van der Waals surface area contributed by atoms with Crippen molar-refractivity contribution in [1.29, 1.82) is 0 Å². The second kappa shape index (κ2) is 10.9. The normalized spacial score (nSPS) is 14.2. The number of rotatable bonds is 8. The third kappa shape index (κ3) is 7.18. The summed E-state index contributed by atoms with van der Waals surface area (Å²) < 4.78 is 41.4. The van der Waals surface area contributed by atoms with Crippen LogP contribution in [0.3, 0.4) is 0 Å². The van der Waals surface area contributed by atoms with E-state index in [0.29, 0.717) is 18.7 Å². The summed E-state index contributed by atoms with van der Waals surface area (Å²) >= 11 is 0. The van der Waals surface area contributed by atoms with Crippen LogP contribution in [0.2, 0.25) is 0 Å². The molecule has 1 heterocycles. The number of halogens is 3. The van der Waals surface area contributed by atoms with Crippen molar-refractivity contribution in [3.8, 4) is 5.75 Å². The fraction of sp³-hybridized carbons (Fsp3) is 0.391. The number of anilines is 1. The fourth-order valence-corrected chi connectivity index (χ4v) is 3.59. The topological polar surface area (TPSA) is 61.9 Å². The molecule has 32 heavy (non-hydrogen) atoms. The third-order valence-electron chi connectivity index (χ3n) is 5.23. The van der Waals surface area contributed by atoms with Gasteiger partial charge in [0.2, 0.25) is 11.8 Å². The first-order chi connectivity index (χ1) is 15.3. The Morgan fingerprint density at radius 2 is 1.56 bits per heavy atom. The van der Waals surface area contributed by atoms with E-state index < -0.39 is 6.36 Å². The molecule has 6 nitrogen and oxygen atoms in total. The third-order valence-corrected chi connectivity index (χ3v) is 5.23. The van der Waals surface area contributed by atoms with Crippen molar-refractivity contribution in [2.45, 2.75) is 25.6 Å². The van der Waals surface area contributed by atoms with Crippen molar-refractivity contribution in [3.05, 3.63) is 60.2 Å². The highest BCUT2D eigenvalue weighted by atomic mass is 19.4. The van der Waals surface area contributed by atoms with Crippen LogP contribution in [0, 0.1) is 0 Å². The summed E-state index contributed by atoms with van der Waals surface area (Å²) in [4.78, 5) is 28.5. The van der Waals surface area contributed by atoms with Crippen molar-refractivity contribution in [1.82, 2.24) is 10.2 Å². The molecule has 0 atom stereocenters. The number of amides is 2. The Morgan fingerprint density at radius 3 is 2.25 bits per heavy atom. The van der Waals surface area contributed by atoms with Gasteiger partial charge < -0.3 is 19.9 Å². The largest absolute Gasteiger partial charge is 0.573 e. The average molecular weight is 449 g/mol. The Kier molecular flexibility index (Phi) is 7.97. The zero-order chi connectivity index (χ0) is 23.0. The summed E-state index contributed by atoms with van der Waals surface area (Å²) in [5.74, 6) is -0.659. The molecule has 2 aromatic rings. The molecule has 1 fully saturated rings. The molecule has 3 rings (SSSR count). The number of carbonyl (C=O) groups is 2. The van der Waals surface area contributed by atoms with E-state index in [1.54, 1.807) is 11.0 Å². The lowest BCUT2D eigenvalue weighted by atomic mass is 10.1. The number of benzene rings is 2. The van der Waals surface area contributed by atoms with Gasteiger partial charge in [-0.2, -0.15) is 0 Å². The van der Waals surface area contributed by atoms with Gasteiger partial charge in [-0.1, -0.05) is 36.4 Å². The van der Waals surface area contributed by atoms with Gasteiger partial charge in [0.05, 0.1) is 0 Å². The second-order valence-electron chi connectivity index (χ2n) is 7.46. The van der Waals surface area contributed by atoms with Gasteiger partial charge in [0.15, 0.2) is 0 Å². The molecular formula is C23H26F3N3O3. The van der Waals surface area contributed by atoms with Crippen LogP contribution in [0.25, 0.3) is 0 Å². The molecule has 2 aromatic carbocycles. The van der Waals surface area contributed by atoms with Crippen LogP contribution in [0.5, 0.6) is 5.75 Å². The predicted octanol–water partition coefficient (Wildman–Crippen LogP) is 3.37. The molecule has 0 radical (unpaired) electrons. The Morgan fingerprint density at radius 1 is 0.906 bits per heavy atom. The lowest BCUT2D eigenvalue weighted by molar-refractivity contribution is -0.274. The molecule has 1 N–H and O–H groups in total. The van der Waals surface area contributed by atoms with Gasteiger partial charge in [0.25, 0.3) is 0 Å². The first kappa shape index (κ1) is 23.4. The molecule has 172 valence electrons. The van der Waals surface area contributed by atoms with Gasteiger partial charge in [0, 0.05) is 51.3 Å². The monoisotopic (exact) mass is 449 g/mol. The Labute approximate surface area is 184 Å². The van der Waals surface area contributed by atoms with E-state index in [9.17, 15) is 22.8 Å². The smallest absolute Gasteiger partial charge is 0.406 e. The highest BCUT2D eigenvalue weighted by Gasteiger charge is 2.32. The quantitative estimate of drug-likeness (QED) is 0.671. The van der Waals surface area contributed by atoms with Crippen LogP contribution in [0.4, 0.5) is 18.9 Å². The number of aryl methyl sites for hydroxylation is 1. The van der Waals surface area contributed by atoms with Crippen LogP contribution in [0.1, 0.15) is 18.4 Å². The van der Waals surface area contributed by atoms with Crippen LogP contribution in [0.15, 0.2) is 54.6 Å². The molecule has 0 aromatic heterocycles. The molecule has 1 aliphatic rings. The van der Waals surface area contributed by atoms with Gasteiger partial charge in [-0.05, 0) is 30.2 Å². The standard InChI is InChI=1S/C23H26F3N3O3/c24-23(25,26)32-20-9-5-4-6-18(20)10-11-21(30)27-13-12-22(31)29-16-14-28(15-17-29)19-7-2-1-3-8-19/h1-9H,10-17H2,(H,27,30). The number of nitrogens with zero attached hydrogens (tertiary/aromatic N) is 2. The first-order valence-corrected chi connectivity index (χ1v) is 10.5. The molecule has 2 amide bonds. The van der Waals surface area contributed by atoms with E-state index in [1.807, 2.05) is 30.3 Å². The van der Waals surface area contributed by atoms with Crippen LogP contribution in [-0.4, -0.2) is 55.8 Å². The van der Waals surface area contributed by atoms with Crippen molar-refractivity contribution in [2.24, 2.45) is 0 Å². The molecule has 1 aliphatic heterocycles. The summed E-state index contributed by atoms with van der Waals surface area (Å²) in [6.45, 7) is 2.94. The van der Waals surface area contributed by atoms with E-state index >= 15 is 0 Å². The predicted molar refractivity (Wildman–Crippen MR) is 114 cm³/mol. The minimum absolute atomic E-state index is 0.00215. The maximum absolute atomic E-state index is 12.5. The zero-order valence-corrected chi connectivity index (χ0v) is 17.6. The first-order valence-electron chi connectivity index (χ1n) is 10.5. The maximum Gasteiger partial charge on any atom is 0.573 e. The minimum Gasteiger partial charge on any atom is -0.406 e. The number of nitrogens with one attached hydrogen (secondary N) is 1. The molecule has 0 spiro atoms. The van der Waals surface area contributed by atoms with E-state index in [1.165, 1.54) is 18.2 Å². The molecule has 0 bridgehead atoms. The Bertz CT molecular complexity index is 898. The summed E-state index contributed by atoms with van der Waals surface area (Å²) in [5.41, 5.74) is 1.43. The number of hydrogen-bond donors (Lipinski definition) is 1. The number of hydrogen-bond acceptors (Lipinski definition) is 4. The van der Waals surface area contributed by atoms with E-state index in [2.05, 4.69) is 15.0 Å². The van der Waals surface area contributed by atoms with E-state index in [4.69, 9.17) is 0 Å². The molecule has 0 saturated carbocycles. The molecule has 0 aliphatic carbocycles. The Balaban J connectivity index is 1.36. The molecule has 0 unspecified atom stereocenters. The Hall–Kier alpha value is -3.23. The van der Waals surface area contributed by atoms with Gasteiger partial charge in [-0.3, -0.25) is 9.59 Å². The van der Waals surface area contributed by atoms with E-state index in [0.717, 1.165) is 18.8 Å². The van der Waals surface area contributed by atoms with Crippen molar-refractivity contribution in [3.63, 3.8) is 0 Å². The van der Waals surface area contributed by atoms with Crippen LogP contribution < -0.4 is 15.0 Å². The minimum atomic E-state index is -4.79. The highest BCUT2D eigenvalue weighted by Crippen LogP contribution is 2.27. The summed E-state index contributed by atoms with van der Waals surface area (Å²) in [5, 5.41) is 2.67. The van der Waals surface area contributed by atoms with Gasteiger partial charge in [-0.25, -0.2) is 0 Å². The maximum atomic E-state index is 12.5. The SMILES string of the molecule is O=C(CCc1ccccc1OC(F)(F)F)NCCC(=O)N1CCN(c2ccccc2)CC1. The van der Waals surface area contributed by atoms with E-state index in [-0.39, 0.29) is 43.4 Å². The molecule has 9 heteroatoms. The average Bonchev–Trinajstić information content (AvgIpc) is 2.78. The molecular weight excluding hydrogens is 423 g/mol. The van der Waals surface area contributed by atoms with Crippen LogP contribution in [-0.2, 0) is 16.0 Å². The van der Waals surface area contributed by atoms with Gasteiger partial charge in [-0.15, -0.1) is 13.2 Å². The second-order valence-corrected chi connectivity index (χ2v) is 7.46. The van der Waals surface area contributed by atoms with Crippen molar-refractivity contribution in [2.75, 3.05) is 37.6 Å². The van der Waals surface area contributed by atoms with Crippen molar-refractivity contribution >= 4 is 17.5 Å². The fourth-order valence-electron chi connectivity index (χ4n) is 3.59.